The van der Waals surface area contributed by atoms with Gasteiger partial charge in [-0.1, -0.05) is 53.4 Å². The van der Waals surface area contributed by atoms with Gasteiger partial charge in [0, 0.05) is 30.7 Å². The van der Waals surface area contributed by atoms with E-state index in [-0.39, 0.29) is 5.91 Å². The van der Waals surface area contributed by atoms with Crippen molar-refractivity contribution in [3.05, 3.63) is 65.7 Å². The van der Waals surface area contributed by atoms with Gasteiger partial charge in [-0.05, 0) is 29.8 Å². The summed E-state index contributed by atoms with van der Waals surface area (Å²) < 4.78 is 5.90. The van der Waals surface area contributed by atoms with Crippen molar-refractivity contribution in [2.24, 2.45) is 0 Å². The van der Waals surface area contributed by atoms with Crippen LogP contribution < -0.4 is 10.6 Å². The molecule has 1 amide bonds. The molecule has 1 heterocycles. The molecule has 1 aromatic heterocycles. The number of amides is 1. The average Bonchev–Trinajstić information content (AvgIpc) is 3.15. The molecule has 0 aliphatic rings. The second-order valence-corrected chi connectivity index (χ2v) is 7.80. The number of hydrogen-bond donors (Lipinski definition) is 2. The van der Waals surface area contributed by atoms with Gasteiger partial charge < -0.3 is 15.4 Å². The summed E-state index contributed by atoms with van der Waals surface area (Å²) in [5.74, 6) is 0.657. The lowest BCUT2D eigenvalue weighted by molar-refractivity contribution is 0.102. The molecule has 2 N–H and O–H groups in total. The highest BCUT2D eigenvalue weighted by Gasteiger charge is 2.08. The van der Waals surface area contributed by atoms with E-state index in [0.717, 1.165) is 26.5 Å². The first-order valence-corrected chi connectivity index (χ1v) is 10.2. The van der Waals surface area contributed by atoms with Crippen molar-refractivity contribution < 1.29 is 9.53 Å². The number of anilines is 2. The summed E-state index contributed by atoms with van der Waals surface area (Å²) in [6, 6.07) is 17.0. The monoisotopic (exact) mass is 400 g/mol. The lowest BCUT2D eigenvalue weighted by Gasteiger charge is -2.06. The van der Waals surface area contributed by atoms with Crippen LogP contribution in [0.2, 0.25) is 0 Å². The van der Waals surface area contributed by atoms with E-state index in [1.807, 2.05) is 54.6 Å². The van der Waals surface area contributed by atoms with Crippen LogP contribution in [0.3, 0.4) is 0 Å². The Morgan fingerprint density at radius 2 is 1.89 bits per heavy atom. The van der Waals surface area contributed by atoms with Crippen molar-refractivity contribution in [1.29, 1.82) is 0 Å². The molecule has 0 saturated carbocycles. The van der Waals surface area contributed by atoms with E-state index in [9.17, 15) is 4.79 Å². The molecule has 140 valence electrons. The van der Waals surface area contributed by atoms with Gasteiger partial charge >= 0.3 is 0 Å². The average molecular weight is 401 g/mol. The molecule has 6 nitrogen and oxygen atoms in total. The van der Waals surface area contributed by atoms with Gasteiger partial charge in [-0.2, -0.15) is 0 Å². The predicted octanol–water partition coefficient (Wildman–Crippen LogP) is 4.14. The molecule has 3 rings (SSSR count). The van der Waals surface area contributed by atoms with E-state index in [1.165, 1.54) is 11.3 Å². The first-order chi connectivity index (χ1) is 13.2. The van der Waals surface area contributed by atoms with Crippen molar-refractivity contribution in [2.75, 3.05) is 30.9 Å². The molecule has 0 spiro atoms. The predicted molar refractivity (Wildman–Crippen MR) is 111 cm³/mol. The molecule has 0 unspecified atom stereocenters. The van der Waals surface area contributed by atoms with E-state index < -0.39 is 0 Å². The lowest BCUT2D eigenvalue weighted by atomic mass is 10.1. The van der Waals surface area contributed by atoms with Crippen LogP contribution in [0.4, 0.5) is 10.8 Å². The molecule has 0 aliphatic carbocycles. The summed E-state index contributed by atoms with van der Waals surface area (Å²) in [4.78, 5) is 12.3. The summed E-state index contributed by atoms with van der Waals surface area (Å²) in [5, 5.41) is 15.1. The van der Waals surface area contributed by atoms with Crippen LogP contribution in [-0.4, -0.2) is 36.4 Å². The van der Waals surface area contributed by atoms with Crippen LogP contribution in [0.15, 0.2) is 58.9 Å². The molecule has 0 radical (unpaired) electrons. The SMILES string of the molecule is COCCNc1nnc(SCc2ccc(C(=O)Nc3ccccc3)cc2)s1. The van der Waals surface area contributed by atoms with Gasteiger partial charge in [-0.15, -0.1) is 10.2 Å². The van der Waals surface area contributed by atoms with Crippen molar-refractivity contribution >= 4 is 39.8 Å². The molecular weight excluding hydrogens is 380 g/mol. The van der Waals surface area contributed by atoms with Gasteiger partial charge in [0.05, 0.1) is 6.61 Å². The van der Waals surface area contributed by atoms with Crippen LogP contribution in [-0.2, 0) is 10.5 Å². The minimum Gasteiger partial charge on any atom is -0.383 e. The number of thioether (sulfide) groups is 1. The Labute approximate surface area is 166 Å². The minimum atomic E-state index is -0.115. The van der Waals surface area contributed by atoms with Crippen molar-refractivity contribution in [1.82, 2.24) is 10.2 Å². The van der Waals surface area contributed by atoms with Crippen molar-refractivity contribution in [3.8, 4) is 0 Å². The number of methoxy groups -OCH3 is 1. The van der Waals surface area contributed by atoms with Crippen LogP contribution >= 0.6 is 23.1 Å². The number of aromatic nitrogens is 2. The minimum absolute atomic E-state index is 0.115. The Bertz CT molecular complexity index is 854. The summed E-state index contributed by atoms with van der Waals surface area (Å²) in [5.41, 5.74) is 2.54. The quantitative estimate of drug-likeness (QED) is 0.415. The smallest absolute Gasteiger partial charge is 0.255 e. The van der Waals surface area contributed by atoms with Crippen molar-refractivity contribution in [3.63, 3.8) is 0 Å². The topological polar surface area (TPSA) is 76.1 Å². The normalized spacial score (nSPS) is 10.6. The van der Waals surface area contributed by atoms with Gasteiger partial charge in [0.15, 0.2) is 4.34 Å². The number of nitrogens with one attached hydrogen (secondary N) is 2. The fourth-order valence-electron chi connectivity index (χ4n) is 2.22. The Balaban J connectivity index is 1.50. The molecule has 8 heteroatoms. The number of carbonyl (C=O) groups is 1. The van der Waals surface area contributed by atoms with E-state index in [4.69, 9.17) is 4.74 Å². The maximum atomic E-state index is 12.3. The summed E-state index contributed by atoms with van der Waals surface area (Å²) in [6.07, 6.45) is 0. The van der Waals surface area contributed by atoms with Gasteiger partial charge in [0.1, 0.15) is 0 Å². The third-order valence-corrected chi connectivity index (χ3v) is 5.68. The fraction of sp³-hybridized carbons (Fsp3) is 0.211. The maximum absolute atomic E-state index is 12.3. The zero-order valence-electron chi connectivity index (χ0n) is 14.8. The summed E-state index contributed by atoms with van der Waals surface area (Å²) in [7, 11) is 1.67. The number of para-hydroxylation sites is 1. The third kappa shape index (κ3) is 6.06. The van der Waals surface area contributed by atoms with Crippen LogP contribution in [0.5, 0.6) is 0 Å². The summed E-state index contributed by atoms with van der Waals surface area (Å²) >= 11 is 3.15. The highest BCUT2D eigenvalue weighted by atomic mass is 32.2. The van der Waals surface area contributed by atoms with Crippen molar-refractivity contribution in [2.45, 2.75) is 10.1 Å². The fourth-order valence-corrected chi connectivity index (χ4v) is 3.96. The van der Waals surface area contributed by atoms with E-state index in [2.05, 4.69) is 20.8 Å². The van der Waals surface area contributed by atoms with Gasteiger partial charge in [-0.25, -0.2) is 0 Å². The molecule has 3 aromatic rings. The molecule has 2 aromatic carbocycles. The van der Waals surface area contributed by atoms with Gasteiger partial charge in [0.2, 0.25) is 5.13 Å². The molecule has 0 fully saturated rings. The molecular formula is C19H20N4O2S2. The molecule has 0 aliphatic heterocycles. The molecule has 0 atom stereocenters. The Kier molecular flexibility index (Phi) is 7.20. The first-order valence-electron chi connectivity index (χ1n) is 8.39. The second kappa shape index (κ2) is 10.1. The summed E-state index contributed by atoms with van der Waals surface area (Å²) in [6.45, 7) is 1.34. The molecule has 0 saturated heterocycles. The third-order valence-electron chi connectivity index (χ3n) is 3.60. The number of carbonyl (C=O) groups excluding carboxylic acids is 1. The van der Waals surface area contributed by atoms with E-state index >= 15 is 0 Å². The van der Waals surface area contributed by atoms with Gasteiger partial charge in [0.25, 0.3) is 5.91 Å². The molecule has 0 bridgehead atoms. The highest BCUT2D eigenvalue weighted by Crippen LogP contribution is 2.28. The zero-order valence-corrected chi connectivity index (χ0v) is 16.5. The highest BCUT2D eigenvalue weighted by molar-refractivity contribution is 8.00. The maximum Gasteiger partial charge on any atom is 0.255 e. The van der Waals surface area contributed by atoms with Gasteiger partial charge in [-0.3, -0.25) is 4.79 Å². The zero-order chi connectivity index (χ0) is 18.9. The lowest BCUT2D eigenvalue weighted by Crippen LogP contribution is -2.11. The Morgan fingerprint density at radius 3 is 2.63 bits per heavy atom. The Morgan fingerprint density at radius 1 is 1.11 bits per heavy atom. The number of rotatable bonds is 9. The number of benzene rings is 2. The van der Waals surface area contributed by atoms with Crippen LogP contribution in [0.25, 0.3) is 0 Å². The van der Waals surface area contributed by atoms with Crippen LogP contribution in [0, 0.1) is 0 Å². The number of ether oxygens (including phenoxy) is 1. The number of hydrogen-bond acceptors (Lipinski definition) is 7. The largest absolute Gasteiger partial charge is 0.383 e. The Hall–Kier alpha value is -2.42. The first kappa shape index (κ1) is 19.3. The van der Waals surface area contributed by atoms with E-state index in [0.29, 0.717) is 18.7 Å². The number of nitrogens with zero attached hydrogens (tertiary/aromatic N) is 2. The van der Waals surface area contributed by atoms with Crippen LogP contribution in [0.1, 0.15) is 15.9 Å². The standard InChI is InChI=1S/C19H20N4O2S2/c1-25-12-11-20-18-22-23-19(27-18)26-13-14-7-9-15(10-8-14)17(24)21-16-5-3-2-4-6-16/h2-10H,11-13H2,1H3,(H,20,22)(H,21,24). The van der Waals surface area contributed by atoms with E-state index in [1.54, 1.807) is 18.9 Å². The second-order valence-electron chi connectivity index (χ2n) is 5.60. The molecule has 27 heavy (non-hydrogen) atoms.